The predicted molar refractivity (Wildman–Crippen MR) is 139 cm³/mol. The molecule has 5 rings (SSSR count). The van der Waals surface area contributed by atoms with E-state index in [1.54, 1.807) is 30.0 Å². The number of methoxy groups -OCH3 is 3. The lowest BCUT2D eigenvalue weighted by Crippen LogP contribution is -2.40. The molecule has 9 nitrogen and oxygen atoms in total. The number of benzene rings is 2. The number of carbonyl (C=O) groups excluding carboxylic acids is 2. The molecule has 1 atom stereocenters. The molecule has 10 heteroatoms. The van der Waals surface area contributed by atoms with Crippen LogP contribution in [0.15, 0.2) is 63.5 Å². The van der Waals surface area contributed by atoms with Crippen LogP contribution in [0.4, 0.5) is 5.69 Å². The zero-order valence-electron chi connectivity index (χ0n) is 21.0. The van der Waals surface area contributed by atoms with Crippen LogP contribution < -0.4 is 29.3 Å². The first-order valence-electron chi connectivity index (χ1n) is 11.6. The smallest absolute Gasteiger partial charge is 0.338 e. The maximum atomic E-state index is 14.1. The minimum Gasteiger partial charge on any atom is -0.493 e. The third kappa shape index (κ3) is 3.67. The first-order chi connectivity index (χ1) is 17.9. The number of para-hydroxylation sites is 1. The molecule has 0 saturated carbocycles. The normalized spacial score (nSPS) is 17.8. The fraction of sp³-hybridized carbons (Fsp3) is 0.259. The molecular weight excluding hydrogens is 494 g/mol. The van der Waals surface area contributed by atoms with Crippen molar-refractivity contribution in [3.63, 3.8) is 0 Å². The molecule has 190 valence electrons. The van der Waals surface area contributed by atoms with Crippen LogP contribution in [0.2, 0.25) is 0 Å². The van der Waals surface area contributed by atoms with Crippen molar-refractivity contribution in [1.29, 1.82) is 0 Å². The number of thiazole rings is 1. The first-order valence-corrected chi connectivity index (χ1v) is 12.4. The lowest BCUT2D eigenvalue weighted by Gasteiger charge is -2.25. The Morgan fingerprint density at radius 2 is 1.78 bits per heavy atom. The molecule has 0 fully saturated rings. The van der Waals surface area contributed by atoms with Gasteiger partial charge in [-0.3, -0.25) is 14.2 Å². The van der Waals surface area contributed by atoms with Crippen LogP contribution in [0, 0.1) is 0 Å². The van der Waals surface area contributed by atoms with E-state index in [0.29, 0.717) is 45.2 Å². The summed E-state index contributed by atoms with van der Waals surface area (Å²) in [6.45, 7) is 4.06. The first kappa shape index (κ1) is 24.5. The van der Waals surface area contributed by atoms with Crippen LogP contribution >= 0.6 is 11.3 Å². The largest absolute Gasteiger partial charge is 0.493 e. The maximum absolute atomic E-state index is 14.1. The Bertz CT molecular complexity index is 1670. The van der Waals surface area contributed by atoms with Crippen molar-refractivity contribution in [2.24, 2.45) is 4.99 Å². The molecule has 1 unspecified atom stereocenters. The summed E-state index contributed by atoms with van der Waals surface area (Å²) in [6.07, 6.45) is 0. The van der Waals surface area contributed by atoms with E-state index in [1.807, 2.05) is 31.2 Å². The van der Waals surface area contributed by atoms with Crippen molar-refractivity contribution in [2.45, 2.75) is 19.9 Å². The van der Waals surface area contributed by atoms with Gasteiger partial charge in [0.2, 0.25) is 0 Å². The summed E-state index contributed by atoms with van der Waals surface area (Å²) < 4.78 is 17.7. The van der Waals surface area contributed by atoms with Gasteiger partial charge in [-0.05, 0) is 37.6 Å². The van der Waals surface area contributed by atoms with E-state index >= 15 is 0 Å². The monoisotopic (exact) mass is 519 g/mol. The zero-order valence-corrected chi connectivity index (χ0v) is 21.8. The number of aromatic nitrogens is 1. The van der Waals surface area contributed by atoms with Gasteiger partial charge in [-0.1, -0.05) is 35.6 Å². The minimum atomic E-state index is -0.841. The van der Waals surface area contributed by atoms with E-state index in [-0.39, 0.29) is 16.0 Å². The molecule has 1 amide bonds. The Kier molecular flexibility index (Phi) is 6.20. The van der Waals surface area contributed by atoms with Crippen molar-refractivity contribution in [1.82, 2.24) is 4.57 Å². The van der Waals surface area contributed by atoms with Gasteiger partial charge in [0.1, 0.15) is 4.53 Å². The third-order valence-corrected chi connectivity index (χ3v) is 7.65. The van der Waals surface area contributed by atoms with Crippen LogP contribution in [-0.4, -0.2) is 44.3 Å². The van der Waals surface area contributed by atoms with Gasteiger partial charge >= 0.3 is 5.97 Å². The van der Waals surface area contributed by atoms with Gasteiger partial charge in [0, 0.05) is 12.1 Å². The summed E-state index contributed by atoms with van der Waals surface area (Å²) in [5.41, 5.74) is 2.66. The van der Waals surface area contributed by atoms with Crippen molar-refractivity contribution < 1.29 is 23.8 Å². The number of hydrogen-bond donors (Lipinski definition) is 0. The average Bonchev–Trinajstić information content (AvgIpc) is 3.38. The molecule has 0 bridgehead atoms. The fourth-order valence-electron chi connectivity index (χ4n) is 4.89. The number of rotatable bonds is 5. The summed E-state index contributed by atoms with van der Waals surface area (Å²) in [7, 11) is 4.33. The zero-order chi connectivity index (χ0) is 26.4. The Balaban J connectivity index is 1.84. The summed E-state index contributed by atoms with van der Waals surface area (Å²) in [6, 6.07) is 11.8. The van der Waals surface area contributed by atoms with Gasteiger partial charge in [0.25, 0.3) is 11.5 Å². The number of carbonyl (C=O) groups is 2. The summed E-state index contributed by atoms with van der Waals surface area (Å²) in [5.74, 6) is 0.121. The number of fused-ring (bicyclic) bond motifs is 2. The molecule has 37 heavy (non-hydrogen) atoms. The standard InChI is InChI=1S/C27H25N3O6S/c1-6-29-17-10-8-7-9-16(17)21(24(29)31)23-25(32)30-22(15-11-12-18(34-3)19(13-15)35-4)20(26(33)36-5)14(2)28-27(30)37-23/h7-13,22H,6H2,1-5H3/b23-21-. The molecule has 0 N–H and O–H groups in total. The summed E-state index contributed by atoms with van der Waals surface area (Å²) in [4.78, 5) is 47.1. The Morgan fingerprint density at radius 1 is 1.05 bits per heavy atom. The number of nitrogens with zero attached hydrogens (tertiary/aromatic N) is 3. The number of allylic oxidation sites excluding steroid dienone is 1. The van der Waals surface area contributed by atoms with E-state index < -0.39 is 17.6 Å². The molecule has 2 aromatic carbocycles. The quantitative estimate of drug-likeness (QED) is 0.479. The molecule has 3 heterocycles. The second-order valence-electron chi connectivity index (χ2n) is 8.45. The lowest BCUT2D eigenvalue weighted by atomic mass is 9.95. The number of esters is 1. The van der Waals surface area contributed by atoms with Crippen LogP contribution in [0.1, 0.15) is 31.0 Å². The van der Waals surface area contributed by atoms with Gasteiger partial charge in [0.05, 0.1) is 49.9 Å². The molecule has 0 saturated heterocycles. The third-order valence-electron chi connectivity index (χ3n) is 6.59. The topological polar surface area (TPSA) is 99.4 Å². The second kappa shape index (κ2) is 9.36. The van der Waals surface area contributed by atoms with Gasteiger partial charge in [0.15, 0.2) is 16.3 Å². The molecule has 2 aliphatic heterocycles. The van der Waals surface area contributed by atoms with Crippen molar-refractivity contribution in [3.8, 4) is 11.5 Å². The van der Waals surface area contributed by atoms with Crippen LogP contribution in [-0.2, 0) is 14.3 Å². The fourth-order valence-corrected chi connectivity index (χ4v) is 6.03. The molecule has 0 radical (unpaired) electrons. The molecule has 3 aromatic rings. The lowest BCUT2D eigenvalue weighted by molar-refractivity contribution is -0.136. The number of amides is 1. The Labute approximate surface area is 216 Å². The summed E-state index contributed by atoms with van der Waals surface area (Å²) in [5, 5.41) is 0. The number of likely N-dealkylation sites (N-methyl/N-ethyl adjacent to an activating group) is 1. The number of ether oxygens (including phenoxy) is 3. The SMILES string of the molecule is CCN1C(=O)/C(=c2\sc3n(c2=O)C(c2ccc(OC)c(OC)c2)C(C(=O)OC)=C(C)N=3)c2ccccc21. The molecule has 0 spiro atoms. The highest BCUT2D eigenvalue weighted by molar-refractivity contribution is 7.07. The minimum absolute atomic E-state index is 0.229. The second-order valence-corrected chi connectivity index (χ2v) is 9.43. The van der Waals surface area contributed by atoms with E-state index in [2.05, 4.69) is 4.99 Å². The Morgan fingerprint density at radius 3 is 2.46 bits per heavy atom. The van der Waals surface area contributed by atoms with Crippen LogP contribution in [0.25, 0.3) is 5.57 Å². The van der Waals surface area contributed by atoms with Crippen LogP contribution in [0.3, 0.4) is 0 Å². The van der Waals surface area contributed by atoms with E-state index in [1.165, 1.54) is 25.9 Å². The average molecular weight is 520 g/mol. The highest BCUT2D eigenvalue weighted by Gasteiger charge is 2.37. The maximum Gasteiger partial charge on any atom is 0.338 e. The molecular formula is C27H25N3O6S. The molecule has 1 aromatic heterocycles. The van der Waals surface area contributed by atoms with Gasteiger partial charge < -0.3 is 19.1 Å². The molecule has 0 aliphatic carbocycles. The highest BCUT2D eigenvalue weighted by atomic mass is 32.1. The van der Waals surface area contributed by atoms with Crippen molar-refractivity contribution >= 4 is 34.5 Å². The van der Waals surface area contributed by atoms with Crippen molar-refractivity contribution in [3.05, 3.63) is 84.5 Å². The van der Waals surface area contributed by atoms with E-state index in [4.69, 9.17) is 14.2 Å². The van der Waals surface area contributed by atoms with Crippen LogP contribution in [0.5, 0.6) is 11.5 Å². The van der Waals surface area contributed by atoms with Crippen molar-refractivity contribution in [2.75, 3.05) is 32.8 Å². The van der Waals surface area contributed by atoms with E-state index in [9.17, 15) is 14.4 Å². The molecule has 2 aliphatic rings. The summed E-state index contributed by atoms with van der Waals surface area (Å²) >= 11 is 1.14. The Hall–Kier alpha value is -4.18. The van der Waals surface area contributed by atoms with E-state index in [0.717, 1.165) is 17.0 Å². The number of hydrogen-bond acceptors (Lipinski definition) is 8. The van der Waals surface area contributed by atoms with Gasteiger partial charge in [-0.2, -0.15) is 0 Å². The van der Waals surface area contributed by atoms with Gasteiger partial charge in [-0.25, -0.2) is 9.79 Å². The number of anilines is 1. The van der Waals surface area contributed by atoms with Gasteiger partial charge in [-0.15, -0.1) is 0 Å². The highest BCUT2D eigenvalue weighted by Crippen LogP contribution is 2.37. The predicted octanol–water partition coefficient (Wildman–Crippen LogP) is 2.16.